The van der Waals surface area contributed by atoms with Gasteiger partial charge in [0, 0.05) is 6.54 Å². The molecule has 0 aliphatic rings. The van der Waals surface area contributed by atoms with Crippen LogP contribution in [0.15, 0.2) is 54.6 Å². The Balaban J connectivity index is 1.67. The Bertz CT molecular complexity index is 683. The number of ether oxygens (including phenoxy) is 2. The summed E-state index contributed by atoms with van der Waals surface area (Å²) in [7, 11) is 0. The predicted octanol–water partition coefficient (Wildman–Crippen LogP) is 3.01. The Hall–Kier alpha value is -2.82. The van der Waals surface area contributed by atoms with Crippen LogP contribution in [0.4, 0.5) is 0 Å². The van der Waals surface area contributed by atoms with Crippen molar-refractivity contribution in [3.8, 4) is 5.75 Å². The van der Waals surface area contributed by atoms with E-state index in [9.17, 15) is 9.59 Å². The van der Waals surface area contributed by atoms with Crippen LogP contribution in [-0.4, -0.2) is 24.6 Å². The Morgan fingerprint density at radius 1 is 1.04 bits per heavy atom. The second-order valence-corrected chi connectivity index (χ2v) is 5.75. The molecule has 0 unspecified atom stereocenters. The van der Waals surface area contributed by atoms with E-state index in [0.717, 1.165) is 11.1 Å². The second-order valence-electron chi connectivity index (χ2n) is 5.75. The molecule has 0 aromatic heterocycles. The quantitative estimate of drug-likeness (QED) is 0.750. The number of benzene rings is 2. The first kappa shape index (κ1) is 18.5. The Morgan fingerprint density at radius 3 is 2.40 bits per heavy atom. The molecule has 1 amide bonds. The summed E-state index contributed by atoms with van der Waals surface area (Å²) in [6.45, 7) is 4.17. The molecule has 25 heavy (non-hydrogen) atoms. The predicted molar refractivity (Wildman–Crippen MR) is 95.1 cm³/mol. The van der Waals surface area contributed by atoms with Gasteiger partial charge in [-0.05, 0) is 31.5 Å². The van der Waals surface area contributed by atoms with Gasteiger partial charge in [0.1, 0.15) is 5.75 Å². The van der Waals surface area contributed by atoms with Gasteiger partial charge in [0.05, 0.1) is 13.0 Å². The molecule has 0 aliphatic carbocycles. The summed E-state index contributed by atoms with van der Waals surface area (Å²) in [4.78, 5) is 23.8. The van der Waals surface area contributed by atoms with Crippen LogP contribution in [0.5, 0.6) is 5.75 Å². The van der Waals surface area contributed by atoms with E-state index >= 15 is 0 Å². The zero-order chi connectivity index (χ0) is 18.1. The van der Waals surface area contributed by atoms with Gasteiger partial charge >= 0.3 is 5.97 Å². The average Bonchev–Trinajstić information content (AvgIpc) is 2.61. The van der Waals surface area contributed by atoms with Gasteiger partial charge in [-0.2, -0.15) is 0 Å². The molecule has 0 heterocycles. The van der Waals surface area contributed by atoms with E-state index in [1.165, 1.54) is 0 Å². The molecular formula is C20H23NO4. The number of hydrogen-bond donors (Lipinski definition) is 1. The van der Waals surface area contributed by atoms with Crippen LogP contribution in [0.3, 0.4) is 0 Å². The van der Waals surface area contributed by atoms with E-state index in [1.54, 1.807) is 6.92 Å². The minimum atomic E-state index is -0.838. The fourth-order valence-corrected chi connectivity index (χ4v) is 2.12. The van der Waals surface area contributed by atoms with Gasteiger partial charge < -0.3 is 14.8 Å². The van der Waals surface area contributed by atoms with Crippen LogP contribution < -0.4 is 10.1 Å². The lowest BCUT2D eigenvalue weighted by Gasteiger charge is -2.14. The van der Waals surface area contributed by atoms with E-state index in [-0.39, 0.29) is 18.9 Å². The van der Waals surface area contributed by atoms with Crippen molar-refractivity contribution in [2.24, 2.45) is 0 Å². The van der Waals surface area contributed by atoms with Crippen molar-refractivity contribution in [3.05, 3.63) is 65.7 Å². The van der Waals surface area contributed by atoms with Crippen molar-refractivity contribution in [3.63, 3.8) is 0 Å². The van der Waals surface area contributed by atoms with Crippen LogP contribution >= 0.6 is 0 Å². The molecule has 0 saturated heterocycles. The van der Waals surface area contributed by atoms with Gasteiger partial charge in [0.25, 0.3) is 5.91 Å². The Kier molecular flexibility index (Phi) is 7.01. The summed E-state index contributed by atoms with van der Waals surface area (Å²) in [5.41, 5.74) is 2.16. The van der Waals surface area contributed by atoms with Crippen molar-refractivity contribution >= 4 is 11.9 Å². The summed E-state index contributed by atoms with van der Waals surface area (Å²) in [5.74, 6) is -0.0917. The van der Waals surface area contributed by atoms with E-state index in [0.29, 0.717) is 12.3 Å². The van der Waals surface area contributed by atoms with E-state index in [1.807, 2.05) is 61.5 Å². The molecule has 0 aliphatic heterocycles. The molecule has 0 fully saturated rings. The summed E-state index contributed by atoms with van der Waals surface area (Å²) < 4.78 is 10.6. The number of nitrogens with one attached hydrogen (secondary N) is 1. The van der Waals surface area contributed by atoms with Gasteiger partial charge in [0.15, 0.2) is 6.10 Å². The monoisotopic (exact) mass is 341 g/mol. The number of carbonyl (C=O) groups is 2. The molecule has 5 heteroatoms. The molecule has 1 atom stereocenters. The Labute approximate surface area is 148 Å². The van der Waals surface area contributed by atoms with Gasteiger partial charge in [-0.15, -0.1) is 0 Å². The number of esters is 1. The summed E-state index contributed by atoms with van der Waals surface area (Å²) in [5, 5.41) is 2.76. The number of carbonyl (C=O) groups excluding carboxylic acids is 2. The molecule has 0 bridgehead atoms. The third-order valence-corrected chi connectivity index (χ3v) is 3.58. The number of hydrogen-bond acceptors (Lipinski definition) is 4. The molecule has 5 nitrogen and oxygen atoms in total. The summed E-state index contributed by atoms with van der Waals surface area (Å²) in [6.07, 6.45) is -0.750. The largest absolute Gasteiger partial charge is 0.493 e. The zero-order valence-corrected chi connectivity index (χ0v) is 14.5. The molecule has 0 spiro atoms. The average molecular weight is 341 g/mol. The molecular weight excluding hydrogens is 318 g/mol. The first-order valence-electron chi connectivity index (χ1n) is 8.25. The van der Waals surface area contributed by atoms with Crippen molar-refractivity contribution in [1.82, 2.24) is 5.32 Å². The van der Waals surface area contributed by atoms with Crippen LogP contribution in [0, 0.1) is 6.92 Å². The number of para-hydroxylation sites is 1. The molecule has 132 valence electrons. The normalized spacial score (nSPS) is 11.4. The minimum absolute atomic E-state index is 0.0878. The number of rotatable bonds is 8. The maximum atomic E-state index is 12.0. The smallest absolute Gasteiger partial charge is 0.310 e. The highest BCUT2D eigenvalue weighted by atomic mass is 16.5. The highest BCUT2D eigenvalue weighted by Crippen LogP contribution is 2.09. The van der Waals surface area contributed by atoms with Crippen molar-refractivity contribution < 1.29 is 19.1 Å². The molecule has 2 rings (SSSR count). The zero-order valence-electron chi connectivity index (χ0n) is 14.5. The standard InChI is InChI=1S/C20H23NO4/c1-15-8-10-17(11-9-15)14-21-20(23)16(2)25-19(22)12-13-24-18-6-4-3-5-7-18/h3-11,16H,12-14H2,1-2H3,(H,21,23)/t16-/m0/s1. The lowest BCUT2D eigenvalue weighted by Crippen LogP contribution is -2.35. The molecule has 2 aromatic carbocycles. The maximum Gasteiger partial charge on any atom is 0.310 e. The minimum Gasteiger partial charge on any atom is -0.493 e. The van der Waals surface area contributed by atoms with Crippen molar-refractivity contribution in [2.45, 2.75) is 32.9 Å². The van der Waals surface area contributed by atoms with Gasteiger partial charge in [-0.25, -0.2) is 0 Å². The molecule has 0 radical (unpaired) electrons. The topological polar surface area (TPSA) is 64.6 Å². The van der Waals surface area contributed by atoms with E-state index < -0.39 is 12.1 Å². The summed E-state index contributed by atoms with van der Waals surface area (Å²) in [6, 6.07) is 17.1. The van der Waals surface area contributed by atoms with Gasteiger partial charge in [-0.1, -0.05) is 48.0 Å². The SMILES string of the molecule is Cc1ccc(CNC(=O)[C@H](C)OC(=O)CCOc2ccccc2)cc1. The molecule has 0 saturated carbocycles. The van der Waals surface area contributed by atoms with E-state index in [2.05, 4.69) is 5.32 Å². The first-order chi connectivity index (χ1) is 12.0. The van der Waals surface area contributed by atoms with Crippen LogP contribution in [-0.2, 0) is 20.9 Å². The molecule has 1 N–H and O–H groups in total. The lowest BCUT2D eigenvalue weighted by molar-refractivity contribution is -0.155. The van der Waals surface area contributed by atoms with Gasteiger partial charge in [-0.3, -0.25) is 9.59 Å². The summed E-state index contributed by atoms with van der Waals surface area (Å²) >= 11 is 0. The highest BCUT2D eigenvalue weighted by molar-refractivity contribution is 5.83. The molecule has 2 aromatic rings. The lowest BCUT2D eigenvalue weighted by atomic mass is 10.1. The van der Waals surface area contributed by atoms with Crippen LogP contribution in [0.25, 0.3) is 0 Å². The van der Waals surface area contributed by atoms with Crippen molar-refractivity contribution in [1.29, 1.82) is 0 Å². The van der Waals surface area contributed by atoms with Crippen LogP contribution in [0.2, 0.25) is 0 Å². The number of amides is 1. The van der Waals surface area contributed by atoms with Crippen molar-refractivity contribution in [2.75, 3.05) is 6.61 Å². The number of aryl methyl sites for hydroxylation is 1. The first-order valence-corrected chi connectivity index (χ1v) is 8.25. The fraction of sp³-hybridized carbons (Fsp3) is 0.300. The van der Waals surface area contributed by atoms with Crippen LogP contribution in [0.1, 0.15) is 24.5 Å². The fourth-order valence-electron chi connectivity index (χ4n) is 2.12. The Morgan fingerprint density at radius 2 is 1.72 bits per heavy atom. The highest BCUT2D eigenvalue weighted by Gasteiger charge is 2.17. The third-order valence-electron chi connectivity index (χ3n) is 3.58. The van der Waals surface area contributed by atoms with Gasteiger partial charge in [0.2, 0.25) is 0 Å². The maximum absolute atomic E-state index is 12.0. The van der Waals surface area contributed by atoms with E-state index in [4.69, 9.17) is 9.47 Å². The third kappa shape index (κ3) is 6.67. The second kappa shape index (κ2) is 9.47.